The van der Waals surface area contributed by atoms with Crippen molar-refractivity contribution in [2.75, 3.05) is 18.8 Å². The van der Waals surface area contributed by atoms with Gasteiger partial charge in [0.05, 0.1) is 5.56 Å². The summed E-state index contributed by atoms with van der Waals surface area (Å²) in [6.07, 6.45) is 4.66. The van der Waals surface area contributed by atoms with E-state index in [-0.39, 0.29) is 5.91 Å². The van der Waals surface area contributed by atoms with Crippen molar-refractivity contribution in [1.82, 2.24) is 4.90 Å². The number of nitrogen functional groups attached to an aromatic ring is 1. The zero-order valence-corrected chi connectivity index (χ0v) is 12.9. The number of nitrogens with zero attached hydrogens (tertiary/aromatic N) is 1. The molecule has 0 spiro atoms. The van der Waals surface area contributed by atoms with Crippen molar-refractivity contribution in [2.24, 2.45) is 5.92 Å². The van der Waals surface area contributed by atoms with Crippen LogP contribution in [0.2, 0.25) is 0 Å². The molecule has 1 fully saturated rings. The summed E-state index contributed by atoms with van der Waals surface area (Å²) < 4.78 is 0.822. The highest BCUT2D eigenvalue weighted by atomic mass is 79.9. The van der Waals surface area contributed by atoms with Gasteiger partial charge in [-0.3, -0.25) is 4.79 Å². The van der Waals surface area contributed by atoms with Gasteiger partial charge < -0.3 is 10.6 Å². The van der Waals surface area contributed by atoms with Crippen molar-refractivity contribution < 1.29 is 4.79 Å². The van der Waals surface area contributed by atoms with Gasteiger partial charge in [-0.2, -0.15) is 0 Å². The number of carbonyl (C=O) groups is 1. The molecule has 0 radical (unpaired) electrons. The molecule has 1 saturated heterocycles. The van der Waals surface area contributed by atoms with Crippen LogP contribution in [0.15, 0.2) is 22.7 Å². The number of anilines is 1. The first-order valence-electron chi connectivity index (χ1n) is 6.96. The van der Waals surface area contributed by atoms with Crippen molar-refractivity contribution >= 4 is 27.5 Å². The third-order valence-corrected chi connectivity index (χ3v) is 4.62. The highest BCUT2D eigenvalue weighted by Crippen LogP contribution is 2.25. The second-order valence-electron chi connectivity index (χ2n) is 5.24. The first-order valence-corrected chi connectivity index (χ1v) is 7.75. The first kappa shape index (κ1) is 14.4. The molecule has 104 valence electrons. The Kier molecular flexibility index (Phi) is 4.86. The van der Waals surface area contributed by atoms with Gasteiger partial charge in [0.15, 0.2) is 0 Å². The predicted molar refractivity (Wildman–Crippen MR) is 82.1 cm³/mol. The summed E-state index contributed by atoms with van der Waals surface area (Å²) in [6, 6.07) is 5.40. The van der Waals surface area contributed by atoms with Gasteiger partial charge in [-0.25, -0.2) is 0 Å². The predicted octanol–water partition coefficient (Wildman–Crippen LogP) is 3.68. The van der Waals surface area contributed by atoms with Gasteiger partial charge in [0.25, 0.3) is 5.91 Å². The van der Waals surface area contributed by atoms with Gasteiger partial charge in [0, 0.05) is 23.2 Å². The van der Waals surface area contributed by atoms with E-state index >= 15 is 0 Å². The number of rotatable bonds is 2. The van der Waals surface area contributed by atoms with Crippen LogP contribution >= 0.6 is 15.9 Å². The van der Waals surface area contributed by atoms with Crippen molar-refractivity contribution in [1.29, 1.82) is 0 Å². The molecule has 2 N–H and O–H groups in total. The third-order valence-electron chi connectivity index (χ3n) is 3.93. The molecular formula is C15H21BrN2O. The molecule has 1 unspecified atom stereocenters. The summed E-state index contributed by atoms with van der Waals surface area (Å²) in [5.41, 5.74) is 7.09. The van der Waals surface area contributed by atoms with Crippen LogP contribution in [0.5, 0.6) is 0 Å². The Balaban J connectivity index is 2.13. The highest BCUT2D eigenvalue weighted by molar-refractivity contribution is 9.10. The molecule has 0 bridgehead atoms. The molecule has 3 nitrogen and oxygen atoms in total. The molecule has 1 aliphatic heterocycles. The van der Waals surface area contributed by atoms with Gasteiger partial charge in [-0.05, 0) is 59.3 Å². The van der Waals surface area contributed by atoms with E-state index in [0.717, 1.165) is 36.3 Å². The quantitative estimate of drug-likeness (QED) is 0.843. The van der Waals surface area contributed by atoms with Gasteiger partial charge in [0.2, 0.25) is 0 Å². The van der Waals surface area contributed by atoms with Gasteiger partial charge in [-0.15, -0.1) is 0 Å². The van der Waals surface area contributed by atoms with E-state index in [1.807, 2.05) is 11.0 Å². The van der Waals surface area contributed by atoms with Crippen LogP contribution in [0.4, 0.5) is 5.69 Å². The van der Waals surface area contributed by atoms with E-state index < -0.39 is 0 Å². The van der Waals surface area contributed by atoms with Crippen molar-refractivity contribution in [2.45, 2.75) is 32.6 Å². The molecule has 2 rings (SSSR count). The van der Waals surface area contributed by atoms with E-state index in [0.29, 0.717) is 11.3 Å². The molecule has 1 aliphatic rings. The third kappa shape index (κ3) is 3.50. The van der Waals surface area contributed by atoms with Crippen molar-refractivity contribution in [3.8, 4) is 0 Å². The Hall–Kier alpha value is -1.03. The summed E-state index contributed by atoms with van der Waals surface area (Å²) in [5.74, 6) is 0.859. The number of carbonyl (C=O) groups excluding carboxylic acids is 1. The highest BCUT2D eigenvalue weighted by Gasteiger charge is 2.22. The Morgan fingerprint density at radius 3 is 2.95 bits per heavy atom. The molecule has 0 saturated carbocycles. The molecule has 1 heterocycles. The first-order chi connectivity index (χ1) is 9.11. The fourth-order valence-electron chi connectivity index (χ4n) is 2.65. The average Bonchev–Trinajstić information content (AvgIpc) is 2.66. The molecule has 0 aliphatic carbocycles. The Labute approximate surface area is 123 Å². The van der Waals surface area contributed by atoms with Gasteiger partial charge in [-0.1, -0.05) is 13.3 Å². The van der Waals surface area contributed by atoms with Crippen molar-refractivity contribution in [3.63, 3.8) is 0 Å². The fraction of sp³-hybridized carbons (Fsp3) is 0.533. The minimum Gasteiger partial charge on any atom is -0.399 e. The lowest BCUT2D eigenvalue weighted by atomic mass is 9.98. The molecule has 1 atom stereocenters. The minimum absolute atomic E-state index is 0.0935. The lowest BCUT2D eigenvalue weighted by molar-refractivity contribution is 0.0759. The Bertz CT molecular complexity index is 461. The fourth-order valence-corrected chi connectivity index (χ4v) is 3.07. The number of amides is 1. The molecular weight excluding hydrogens is 304 g/mol. The lowest BCUT2D eigenvalue weighted by Crippen LogP contribution is -2.32. The van der Waals surface area contributed by atoms with Gasteiger partial charge in [0.1, 0.15) is 0 Å². The monoisotopic (exact) mass is 324 g/mol. The Morgan fingerprint density at radius 1 is 1.42 bits per heavy atom. The van der Waals surface area contributed by atoms with E-state index in [9.17, 15) is 4.79 Å². The topological polar surface area (TPSA) is 46.3 Å². The molecule has 1 amide bonds. The normalized spacial score (nSPS) is 20.1. The lowest BCUT2D eigenvalue weighted by Gasteiger charge is -2.21. The molecule has 19 heavy (non-hydrogen) atoms. The largest absolute Gasteiger partial charge is 0.399 e. The maximum Gasteiger partial charge on any atom is 0.255 e. The average molecular weight is 325 g/mol. The molecule has 4 heteroatoms. The summed E-state index contributed by atoms with van der Waals surface area (Å²) in [4.78, 5) is 14.5. The van der Waals surface area contributed by atoms with Crippen molar-refractivity contribution in [3.05, 3.63) is 28.2 Å². The number of halogens is 1. The second kappa shape index (κ2) is 6.42. The summed E-state index contributed by atoms with van der Waals surface area (Å²) in [5, 5.41) is 0. The van der Waals surface area contributed by atoms with E-state index in [2.05, 4.69) is 22.9 Å². The standard InChI is InChI=1S/C15H21BrN2O/c1-2-11-4-3-8-18(9-7-11)15(19)13-10-12(17)5-6-14(13)16/h5-6,10-11H,2-4,7-9,17H2,1H3. The van der Waals surface area contributed by atoms with Crippen LogP contribution in [0.3, 0.4) is 0 Å². The van der Waals surface area contributed by atoms with E-state index in [4.69, 9.17) is 5.73 Å². The summed E-state index contributed by atoms with van der Waals surface area (Å²) in [6.45, 7) is 3.95. The van der Waals surface area contributed by atoms with E-state index in [1.54, 1.807) is 12.1 Å². The second-order valence-corrected chi connectivity index (χ2v) is 6.09. The number of nitrogens with two attached hydrogens (primary N) is 1. The summed E-state index contributed by atoms with van der Waals surface area (Å²) in [7, 11) is 0. The summed E-state index contributed by atoms with van der Waals surface area (Å²) >= 11 is 3.44. The van der Waals surface area contributed by atoms with Crippen LogP contribution in [-0.4, -0.2) is 23.9 Å². The molecule has 1 aromatic rings. The number of likely N-dealkylation sites (tertiary alicyclic amines) is 1. The zero-order valence-electron chi connectivity index (χ0n) is 11.4. The number of hydrogen-bond acceptors (Lipinski definition) is 2. The number of benzene rings is 1. The van der Waals surface area contributed by atoms with Crippen LogP contribution in [0, 0.1) is 5.92 Å². The van der Waals surface area contributed by atoms with Gasteiger partial charge >= 0.3 is 0 Å². The van der Waals surface area contributed by atoms with E-state index in [1.165, 1.54) is 12.8 Å². The SMILES string of the molecule is CCC1CCCN(C(=O)c2cc(N)ccc2Br)CC1. The smallest absolute Gasteiger partial charge is 0.255 e. The molecule has 1 aromatic carbocycles. The zero-order chi connectivity index (χ0) is 13.8. The van der Waals surface area contributed by atoms with Crippen LogP contribution in [0.25, 0.3) is 0 Å². The molecule has 0 aromatic heterocycles. The number of hydrogen-bond donors (Lipinski definition) is 1. The maximum absolute atomic E-state index is 12.6. The minimum atomic E-state index is 0.0935. The maximum atomic E-state index is 12.6. The van der Waals surface area contributed by atoms with Crippen LogP contribution < -0.4 is 5.73 Å². The van der Waals surface area contributed by atoms with Crippen LogP contribution in [-0.2, 0) is 0 Å². The van der Waals surface area contributed by atoms with Crippen LogP contribution in [0.1, 0.15) is 43.0 Å². The Morgan fingerprint density at radius 2 is 2.21 bits per heavy atom.